The molecule has 0 bridgehead atoms. The van der Waals surface area contributed by atoms with Crippen LogP contribution in [-0.2, 0) is 6.54 Å². The van der Waals surface area contributed by atoms with Crippen LogP contribution < -0.4 is 15.1 Å². The van der Waals surface area contributed by atoms with Crippen LogP contribution in [0.15, 0.2) is 54.6 Å². The number of hydrogen-bond acceptors (Lipinski definition) is 2. The molecule has 0 aliphatic carbocycles. The number of nitrogens with one attached hydrogen (secondary N) is 1. The normalized spacial score (nSPS) is 13.8. The van der Waals surface area contributed by atoms with E-state index in [1.165, 1.54) is 0 Å². The third-order valence-corrected chi connectivity index (χ3v) is 3.77. The summed E-state index contributed by atoms with van der Waals surface area (Å²) in [6.45, 7) is 2.10. The van der Waals surface area contributed by atoms with Gasteiger partial charge in [0.2, 0.25) is 0 Å². The predicted octanol–water partition coefficient (Wildman–Crippen LogP) is 2.85. The molecule has 0 fully saturated rings. The summed E-state index contributed by atoms with van der Waals surface area (Å²) < 4.78 is 0. The number of hydrogen-bond donors (Lipinski definition) is 1. The Hall–Kier alpha value is -2.49. The summed E-state index contributed by atoms with van der Waals surface area (Å²) in [4.78, 5) is 16.4. The van der Waals surface area contributed by atoms with E-state index in [1.54, 1.807) is 0 Å². The Labute approximate surface area is 125 Å². The Bertz CT molecular complexity index is 627. The number of carbonyl (C=O) groups excluding carboxylic acids is 1. The maximum Gasteiger partial charge on any atom is 0.322 e. The number of anilines is 2. The van der Waals surface area contributed by atoms with E-state index >= 15 is 0 Å². The highest BCUT2D eigenvalue weighted by molar-refractivity contribution is 5.96. The lowest BCUT2D eigenvalue weighted by Gasteiger charge is -2.35. The topological polar surface area (TPSA) is 35.6 Å². The van der Waals surface area contributed by atoms with Crippen molar-refractivity contribution in [2.45, 2.75) is 6.54 Å². The molecule has 0 saturated carbocycles. The maximum absolute atomic E-state index is 12.4. The molecule has 1 aliphatic heterocycles. The molecule has 3 rings (SSSR count). The van der Waals surface area contributed by atoms with Crippen LogP contribution in [-0.4, -0.2) is 26.2 Å². The van der Waals surface area contributed by atoms with Gasteiger partial charge in [-0.3, -0.25) is 4.90 Å². The van der Waals surface area contributed by atoms with Crippen LogP contribution in [0.1, 0.15) is 5.56 Å². The highest BCUT2D eigenvalue weighted by Gasteiger charge is 2.24. The number of para-hydroxylation sites is 2. The zero-order valence-electron chi connectivity index (χ0n) is 12.1. The van der Waals surface area contributed by atoms with Gasteiger partial charge in [0, 0.05) is 26.7 Å². The molecule has 1 N–H and O–H groups in total. The van der Waals surface area contributed by atoms with Gasteiger partial charge in [-0.05, 0) is 17.7 Å². The molecule has 2 aromatic rings. The average Bonchev–Trinajstić information content (AvgIpc) is 2.54. The third kappa shape index (κ3) is 2.84. The van der Waals surface area contributed by atoms with Gasteiger partial charge in [-0.1, -0.05) is 42.5 Å². The summed E-state index contributed by atoms with van der Waals surface area (Å²) >= 11 is 0. The Morgan fingerprint density at radius 1 is 1.00 bits per heavy atom. The van der Waals surface area contributed by atoms with Gasteiger partial charge in [0.05, 0.1) is 11.4 Å². The molecular weight excluding hydrogens is 262 g/mol. The fourth-order valence-corrected chi connectivity index (χ4v) is 2.59. The first-order valence-electron chi connectivity index (χ1n) is 7.15. The van der Waals surface area contributed by atoms with E-state index in [9.17, 15) is 4.79 Å². The number of likely N-dealkylation sites (N-methyl/N-ethyl adjacent to an activating group) is 1. The Morgan fingerprint density at radius 2 is 1.67 bits per heavy atom. The molecule has 0 saturated heterocycles. The highest BCUT2D eigenvalue weighted by Crippen LogP contribution is 2.31. The molecule has 1 heterocycles. The fraction of sp³-hybridized carbons (Fsp3) is 0.235. The second-order valence-electron chi connectivity index (χ2n) is 5.21. The minimum Gasteiger partial charge on any atom is -0.371 e. The summed E-state index contributed by atoms with van der Waals surface area (Å²) in [6.07, 6.45) is 0. The number of benzene rings is 2. The van der Waals surface area contributed by atoms with Gasteiger partial charge in [0.1, 0.15) is 0 Å². The Morgan fingerprint density at radius 3 is 2.43 bits per heavy atom. The van der Waals surface area contributed by atoms with Gasteiger partial charge in [-0.2, -0.15) is 0 Å². The summed E-state index contributed by atoms with van der Waals surface area (Å²) in [7, 11) is 2.05. The van der Waals surface area contributed by atoms with E-state index in [2.05, 4.69) is 17.3 Å². The van der Waals surface area contributed by atoms with E-state index in [4.69, 9.17) is 0 Å². The first-order chi connectivity index (χ1) is 10.3. The van der Waals surface area contributed by atoms with Crippen LogP contribution in [0.5, 0.6) is 0 Å². The molecule has 1 aliphatic rings. The van der Waals surface area contributed by atoms with Crippen LogP contribution in [0, 0.1) is 0 Å². The minimum atomic E-state index is -0.0422. The number of rotatable bonds is 2. The molecule has 0 unspecified atom stereocenters. The minimum absolute atomic E-state index is 0.0422. The van der Waals surface area contributed by atoms with E-state index < -0.39 is 0 Å². The molecule has 2 amide bonds. The van der Waals surface area contributed by atoms with Crippen LogP contribution in [0.25, 0.3) is 0 Å². The second kappa shape index (κ2) is 5.87. The van der Waals surface area contributed by atoms with Crippen LogP contribution >= 0.6 is 0 Å². The van der Waals surface area contributed by atoms with Gasteiger partial charge < -0.3 is 10.2 Å². The Kier molecular flexibility index (Phi) is 3.77. The van der Waals surface area contributed by atoms with Crippen molar-refractivity contribution in [3.8, 4) is 0 Å². The lowest BCUT2D eigenvalue weighted by atomic mass is 10.2. The van der Waals surface area contributed by atoms with Crippen LogP contribution in [0.4, 0.5) is 16.2 Å². The molecule has 0 aromatic heterocycles. The maximum atomic E-state index is 12.4. The monoisotopic (exact) mass is 281 g/mol. The standard InChI is InChI=1S/C17H19N3O/c1-19-11-12-20(16-10-6-5-9-15(16)19)17(21)18-13-14-7-3-2-4-8-14/h2-10H,11-13H2,1H3,(H,18,21). The van der Waals surface area contributed by atoms with E-state index in [0.717, 1.165) is 23.5 Å². The molecule has 0 atom stereocenters. The quantitative estimate of drug-likeness (QED) is 0.918. The van der Waals surface area contributed by atoms with Crippen LogP contribution in [0.2, 0.25) is 0 Å². The summed E-state index contributed by atoms with van der Waals surface area (Å²) in [5.41, 5.74) is 3.17. The van der Waals surface area contributed by atoms with Gasteiger partial charge in [0.15, 0.2) is 0 Å². The first-order valence-corrected chi connectivity index (χ1v) is 7.15. The lowest BCUT2D eigenvalue weighted by molar-refractivity contribution is 0.246. The second-order valence-corrected chi connectivity index (χ2v) is 5.21. The summed E-state index contributed by atoms with van der Waals surface area (Å²) in [5, 5.41) is 2.99. The highest BCUT2D eigenvalue weighted by atomic mass is 16.2. The summed E-state index contributed by atoms with van der Waals surface area (Å²) in [5.74, 6) is 0. The molecule has 108 valence electrons. The van der Waals surface area contributed by atoms with Crippen molar-refractivity contribution in [3.05, 3.63) is 60.2 Å². The van der Waals surface area contributed by atoms with Crippen molar-refractivity contribution >= 4 is 17.4 Å². The lowest BCUT2D eigenvalue weighted by Crippen LogP contribution is -2.47. The van der Waals surface area contributed by atoms with Gasteiger partial charge >= 0.3 is 6.03 Å². The number of urea groups is 1. The number of nitrogens with zero attached hydrogens (tertiary/aromatic N) is 2. The number of amides is 2. The van der Waals surface area contributed by atoms with Gasteiger partial charge in [-0.25, -0.2) is 4.79 Å². The SMILES string of the molecule is CN1CCN(C(=O)NCc2ccccc2)c2ccccc21. The largest absolute Gasteiger partial charge is 0.371 e. The van der Waals surface area contributed by atoms with Crippen LogP contribution in [0.3, 0.4) is 0 Å². The van der Waals surface area contributed by atoms with Crippen molar-refractivity contribution in [1.82, 2.24) is 5.32 Å². The molecular formula is C17H19N3O. The zero-order valence-corrected chi connectivity index (χ0v) is 12.1. The molecule has 2 aromatic carbocycles. The van der Waals surface area contributed by atoms with E-state index in [0.29, 0.717) is 13.1 Å². The molecule has 4 heteroatoms. The predicted molar refractivity (Wildman–Crippen MR) is 85.7 cm³/mol. The van der Waals surface area contributed by atoms with Crippen molar-refractivity contribution in [1.29, 1.82) is 0 Å². The van der Waals surface area contributed by atoms with E-state index in [-0.39, 0.29) is 6.03 Å². The van der Waals surface area contributed by atoms with Gasteiger partial charge in [-0.15, -0.1) is 0 Å². The van der Waals surface area contributed by atoms with Crippen molar-refractivity contribution < 1.29 is 4.79 Å². The molecule has 21 heavy (non-hydrogen) atoms. The number of carbonyl (C=O) groups is 1. The van der Waals surface area contributed by atoms with Crippen molar-refractivity contribution in [2.24, 2.45) is 0 Å². The third-order valence-electron chi connectivity index (χ3n) is 3.77. The average molecular weight is 281 g/mol. The fourth-order valence-electron chi connectivity index (χ4n) is 2.59. The van der Waals surface area contributed by atoms with Gasteiger partial charge in [0.25, 0.3) is 0 Å². The van der Waals surface area contributed by atoms with Crippen molar-refractivity contribution in [3.63, 3.8) is 0 Å². The Balaban J connectivity index is 1.72. The van der Waals surface area contributed by atoms with Crippen molar-refractivity contribution in [2.75, 3.05) is 29.9 Å². The number of fused-ring (bicyclic) bond motifs is 1. The molecule has 0 spiro atoms. The zero-order chi connectivity index (χ0) is 14.7. The van der Waals surface area contributed by atoms with E-state index in [1.807, 2.05) is 59.5 Å². The molecule has 0 radical (unpaired) electrons. The smallest absolute Gasteiger partial charge is 0.322 e. The molecule has 4 nitrogen and oxygen atoms in total. The summed E-state index contributed by atoms with van der Waals surface area (Å²) in [6, 6.07) is 17.9. The first kappa shape index (κ1) is 13.5.